The van der Waals surface area contributed by atoms with Gasteiger partial charge in [-0.2, -0.15) is 0 Å². The Kier molecular flexibility index (Phi) is 7.36. The van der Waals surface area contributed by atoms with Gasteiger partial charge in [-0.25, -0.2) is 4.39 Å². The number of para-hydroxylation sites is 1. The minimum absolute atomic E-state index is 0.248. The minimum Gasteiger partial charge on any atom is -0.456 e. The first kappa shape index (κ1) is 30.4. The summed E-state index contributed by atoms with van der Waals surface area (Å²) in [6.45, 7) is 6.01. The molecule has 0 bridgehead atoms. The van der Waals surface area contributed by atoms with Gasteiger partial charge in [0, 0.05) is 45.0 Å². The van der Waals surface area contributed by atoms with Crippen LogP contribution in [0.1, 0.15) is 18.2 Å². The standard InChI is InChI=1S/C47H32FNO2/c1-3-8-43-37(4-2)40-26-25-36(29-46(40)51-43)49(34-21-15-31(16-22-34)30-13-19-33(48)20-14-30)35-23-17-32(18-24-35)38-27-28-42-39-9-5-6-11-44(39)50-45-12-7-10-41(38)47(42)45/h3-29H,2H2,1H3/b8-3-. The summed E-state index contributed by atoms with van der Waals surface area (Å²) in [6, 6.07) is 48.9. The number of benzene rings is 7. The second-order valence-electron chi connectivity index (χ2n) is 12.6. The van der Waals surface area contributed by atoms with Gasteiger partial charge in [-0.05, 0) is 107 Å². The van der Waals surface area contributed by atoms with E-state index in [1.165, 1.54) is 17.7 Å². The Labute approximate surface area is 295 Å². The smallest absolute Gasteiger partial charge is 0.137 e. The second kappa shape index (κ2) is 12.3. The molecular formula is C47H32FNO2. The van der Waals surface area contributed by atoms with E-state index in [2.05, 4.69) is 115 Å². The number of allylic oxidation sites excluding steroid dienone is 1. The first-order valence-electron chi connectivity index (χ1n) is 17.0. The first-order chi connectivity index (χ1) is 25.1. The number of rotatable bonds is 7. The van der Waals surface area contributed by atoms with Crippen molar-refractivity contribution in [1.29, 1.82) is 0 Å². The van der Waals surface area contributed by atoms with Crippen LogP contribution in [0.5, 0.6) is 11.5 Å². The average molecular weight is 662 g/mol. The number of hydrogen-bond acceptors (Lipinski definition) is 3. The van der Waals surface area contributed by atoms with Gasteiger partial charge in [0.05, 0.1) is 0 Å². The van der Waals surface area contributed by atoms with E-state index in [4.69, 9.17) is 9.15 Å². The summed E-state index contributed by atoms with van der Waals surface area (Å²) in [4.78, 5) is 2.23. The average Bonchev–Trinajstić information content (AvgIpc) is 3.52. The first-order valence-corrected chi connectivity index (χ1v) is 17.0. The van der Waals surface area contributed by atoms with Crippen LogP contribution >= 0.6 is 0 Å². The molecule has 1 aliphatic rings. The fraction of sp³-hybridized carbons (Fsp3) is 0.0213. The fourth-order valence-electron chi connectivity index (χ4n) is 7.26. The lowest BCUT2D eigenvalue weighted by Gasteiger charge is -2.26. The number of fused-ring (bicyclic) bond motifs is 3. The summed E-state index contributed by atoms with van der Waals surface area (Å²) < 4.78 is 26.3. The summed E-state index contributed by atoms with van der Waals surface area (Å²) in [5.41, 5.74) is 11.2. The second-order valence-corrected chi connectivity index (χ2v) is 12.6. The third-order valence-electron chi connectivity index (χ3n) is 9.66. The molecular weight excluding hydrogens is 630 g/mol. The highest BCUT2D eigenvalue weighted by Crippen LogP contribution is 2.49. The van der Waals surface area contributed by atoms with Gasteiger partial charge >= 0.3 is 0 Å². The van der Waals surface area contributed by atoms with Crippen LogP contribution in [-0.4, -0.2) is 0 Å². The van der Waals surface area contributed by atoms with Crippen molar-refractivity contribution >= 4 is 51.0 Å². The van der Waals surface area contributed by atoms with E-state index in [1.807, 2.05) is 43.4 Å². The van der Waals surface area contributed by atoms with E-state index in [-0.39, 0.29) is 5.82 Å². The van der Waals surface area contributed by atoms with Crippen molar-refractivity contribution in [3.05, 3.63) is 175 Å². The predicted octanol–water partition coefficient (Wildman–Crippen LogP) is 14.0. The van der Waals surface area contributed by atoms with Crippen LogP contribution in [0.25, 0.3) is 67.3 Å². The lowest BCUT2D eigenvalue weighted by atomic mass is 9.90. The lowest BCUT2D eigenvalue weighted by molar-refractivity contribution is 0.487. The summed E-state index contributed by atoms with van der Waals surface area (Å²) in [5.74, 6) is 2.29. The van der Waals surface area contributed by atoms with Crippen LogP contribution < -0.4 is 9.64 Å². The number of ether oxygens (including phenoxy) is 1. The lowest BCUT2D eigenvalue weighted by Crippen LogP contribution is -2.09. The molecule has 244 valence electrons. The molecule has 0 saturated heterocycles. The maximum Gasteiger partial charge on any atom is 0.137 e. The molecule has 51 heavy (non-hydrogen) atoms. The largest absolute Gasteiger partial charge is 0.456 e. The highest BCUT2D eigenvalue weighted by Gasteiger charge is 2.22. The molecule has 0 N–H and O–H groups in total. The molecule has 2 heterocycles. The molecule has 0 unspecified atom stereocenters. The van der Waals surface area contributed by atoms with Crippen LogP contribution in [0.15, 0.2) is 163 Å². The van der Waals surface area contributed by atoms with Crippen molar-refractivity contribution in [2.24, 2.45) is 0 Å². The van der Waals surface area contributed by atoms with E-state index in [9.17, 15) is 4.39 Å². The number of anilines is 3. The summed E-state index contributed by atoms with van der Waals surface area (Å²) in [6.07, 6.45) is 5.78. The number of halogens is 1. The normalized spacial score (nSPS) is 11.9. The van der Waals surface area contributed by atoms with Gasteiger partial charge < -0.3 is 14.1 Å². The maximum atomic E-state index is 13.6. The van der Waals surface area contributed by atoms with Crippen molar-refractivity contribution in [3.8, 4) is 44.9 Å². The zero-order chi connectivity index (χ0) is 34.5. The molecule has 8 aromatic rings. The number of nitrogens with zero attached hydrogens (tertiary/aromatic N) is 1. The van der Waals surface area contributed by atoms with Gasteiger partial charge in [0.1, 0.15) is 28.7 Å². The van der Waals surface area contributed by atoms with Gasteiger partial charge in [0.25, 0.3) is 0 Å². The molecule has 9 rings (SSSR count). The Bertz CT molecular complexity index is 2630. The Hall–Kier alpha value is -6.65. The molecule has 0 aliphatic carbocycles. The molecule has 0 atom stereocenters. The van der Waals surface area contributed by atoms with E-state index in [0.717, 1.165) is 89.4 Å². The van der Waals surface area contributed by atoms with E-state index < -0.39 is 0 Å². The van der Waals surface area contributed by atoms with Gasteiger partial charge in [0.15, 0.2) is 0 Å². The van der Waals surface area contributed by atoms with Crippen LogP contribution in [0.2, 0.25) is 0 Å². The monoisotopic (exact) mass is 661 g/mol. The van der Waals surface area contributed by atoms with Crippen molar-refractivity contribution in [2.45, 2.75) is 6.92 Å². The van der Waals surface area contributed by atoms with Crippen LogP contribution in [0.3, 0.4) is 0 Å². The summed E-state index contributed by atoms with van der Waals surface area (Å²) >= 11 is 0. The maximum absolute atomic E-state index is 13.6. The van der Waals surface area contributed by atoms with Gasteiger partial charge in [-0.15, -0.1) is 0 Å². The van der Waals surface area contributed by atoms with Gasteiger partial charge in [-0.1, -0.05) is 97.6 Å². The third kappa shape index (κ3) is 5.20. The number of hydrogen-bond donors (Lipinski definition) is 0. The molecule has 0 amide bonds. The third-order valence-corrected chi connectivity index (χ3v) is 9.66. The van der Waals surface area contributed by atoms with Crippen molar-refractivity contribution in [2.75, 3.05) is 4.90 Å². The van der Waals surface area contributed by atoms with Crippen LogP contribution in [0, 0.1) is 5.82 Å². The Morgan fingerprint density at radius 1 is 0.588 bits per heavy atom. The summed E-state index contributed by atoms with van der Waals surface area (Å²) in [5, 5.41) is 3.29. The molecule has 1 aromatic heterocycles. The van der Waals surface area contributed by atoms with Crippen molar-refractivity contribution in [1.82, 2.24) is 0 Å². The molecule has 0 spiro atoms. The fourth-order valence-corrected chi connectivity index (χ4v) is 7.26. The van der Waals surface area contributed by atoms with E-state index >= 15 is 0 Å². The minimum atomic E-state index is -0.248. The molecule has 0 saturated carbocycles. The molecule has 1 aliphatic heterocycles. The topological polar surface area (TPSA) is 25.6 Å². The van der Waals surface area contributed by atoms with E-state index in [1.54, 1.807) is 12.1 Å². The molecule has 0 fully saturated rings. The quantitative estimate of drug-likeness (QED) is 0.170. The van der Waals surface area contributed by atoms with Crippen molar-refractivity contribution < 1.29 is 13.5 Å². The van der Waals surface area contributed by atoms with E-state index in [0.29, 0.717) is 0 Å². The van der Waals surface area contributed by atoms with Crippen LogP contribution in [-0.2, 0) is 0 Å². The van der Waals surface area contributed by atoms with Gasteiger partial charge in [-0.3, -0.25) is 0 Å². The Balaban J connectivity index is 1.15. The predicted molar refractivity (Wildman–Crippen MR) is 210 cm³/mol. The summed E-state index contributed by atoms with van der Waals surface area (Å²) in [7, 11) is 0. The molecule has 3 nitrogen and oxygen atoms in total. The Morgan fingerprint density at radius 2 is 1.24 bits per heavy atom. The van der Waals surface area contributed by atoms with Gasteiger partial charge in [0.2, 0.25) is 0 Å². The van der Waals surface area contributed by atoms with Crippen molar-refractivity contribution in [3.63, 3.8) is 0 Å². The Morgan fingerprint density at radius 3 is 1.96 bits per heavy atom. The SMILES string of the molecule is C=Cc1c(/C=C\C)oc2cc(N(c3ccc(-c4ccc(F)cc4)cc3)c3ccc(-c4ccc5c6c(cccc46)Oc4ccccc4-5)cc3)ccc12. The molecule has 7 aromatic carbocycles. The van der Waals surface area contributed by atoms with Crippen LogP contribution in [0.4, 0.5) is 21.5 Å². The highest BCUT2D eigenvalue weighted by molar-refractivity contribution is 6.10. The zero-order valence-electron chi connectivity index (χ0n) is 27.9. The number of furan rings is 1. The zero-order valence-corrected chi connectivity index (χ0v) is 27.9. The molecule has 0 radical (unpaired) electrons. The molecule has 4 heteroatoms. The highest BCUT2D eigenvalue weighted by atomic mass is 19.1.